The average Bonchev–Trinajstić information content (AvgIpc) is 3.47. The largest absolute Gasteiger partial charge is 0.463 e. The average molecular weight is 467 g/mol. The molecule has 0 aliphatic carbocycles. The summed E-state index contributed by atoms with van der Waals surface area (Å²) >= 11 is 5.91. The van der Waals surface area contributed by atoms with Gasteiger partial charge >= 0.3 is 5.97 Å². The maximum atomic E-state index is 12.9. The van der Waals surface area contributed by atoms with E-state index in [0.717, 1.165) is 5.56 Å². The van der Waals surface area contributed by atoms with Crippen molar-refractivity contribution in [3.63, 3.8) is 0 Å². The number of hydrogen-bond acceptors (Lipinski definition) is 6. The van der Waals surface area contributed by atoms with Crippen LogP contribution < -0.4 is 5.32 Å². The number of rotatable bonds is 7. The molecular formula is C24H23ClN4O4. The summed E-state index contributed by atoms with van der Waals surface area (Å²) in [6, 6.07) is 12.0. The molecule has 4 rings (SSSR count). The van der Waals surface area contributed by atoms with Crippen LogP contribution in [0.1, 0.15) is 48.8 Å². The first kappa shape index (κ1) is 22.5. The van der Waals surface area contributed by atoms with Crippen molar-refractivity contribution in [3.05, 3.63) is 71.1 Å². The van der Waals surface area contributed by atoms with Gasteiger partial charge in [-0.05, 0) is 56.7 Å². The topological polar surface area (TPSA) is 99.2 Å². The van der Waals surface area contributed by atoms with E-state index in [1.165, 1.54) is 6.26 Å². The van der Waals surface area contributed by atoms with Crippen LogP contribution in [0, 0.1) is 0 Å². The molecule has 1 N–H and O–H groups in total. The Hall–Kier alpha value is -3.65. The number of carbonyl (C=O) groups excluding carboxylic acids is 2. The van der Waals surface area contributed by atoms with Crippen molar-refractivity contribution in [2.75, 3.05) is 6.61 Å². The minimum atomic E-state index is -0.646. The number of hydrogen-bond donors (Lipinski definition) is 1. The van der Waals surface area contributed by atoms with Crippen LogP contribution in [0.2, 0.25) is 5.02 Å². The standard InChI is InChI=1S/C24H23ClN4O4/c1-14(2)29-23-19(12-26-29)18(11-20(28-23)21-5-4-10-32-21)24(31)33-13-22(30)27-15(3)16-6-8-17(25)9-7-16/h4-12,14-15H,13H2,1-3H3,(H,27,30). The third-order valence-electron chi connectivity index (χ3n) is 5.13. The minimum Gasteiger partial charge on any atom is -0.463 e. The summed E-state index contributed by atoms with van der Waals surface area (Å²) in [5, 5.41) is 8.33. The van der Waals surface area contributed by atoms with E-state index >= 15 is 0 Å². The molecule has 1 unspecified atom stereocenters. The Balaban J connectivity index is 1.52. The van der Waals surface area contributed by atoms with E-state index in [4.69, 9.17) is 20.8 Å². The Kier molecular flexibility index (Phi) is 6.46. The Morgan fingerprint density at radius 2 is 1.94 bits per heavy atom. The van der Waals surface area contributed by atoms with Crippen LogP contribution >= 0.6 is 11.6 Å². The molecule has 0 fully saturated rings. The fourth-order valence-electron chi connectivity index (χ4n) is 3.44. The Morgan fingerprint density at radius 3 is 2.61 bits per heavy atom. The second-order valence-electron chi connectivity index (χ2n) is 7.87. The smallest absolute Gasteiger partial charge is 0.339 e. The number of nitrogens with one attached hydrogen (secondary N) is 1. The number of amides is 1. The van der Waals surface area contributed by atoms with Gasteiger partial charge < -0.3 is 14.5 Å². The summed E-state index contributed by atoms with van der Waals surface area (Å²) in [5.41, 5.74) is 2.16. The van der Waals surface area contributed by atoms with Crippen LogP contribution in [0.3, 0.4) is 0 Å². The van der Waals surface area contributed by atoms with Gasteiger partial charge in [-0.2, -0.15) is 5.10 Å². The number of carbonyl (C=O) groups is 2. The lowest BCUT2D eigenvalue weighted by molar-refractivity contribution is -0.124. The normalized spacial score (nSPS) is 12.2. The van der Waals surface area contributed by atoms with Crippen molar-refractivity contribution < 1.29 is 18.7 Å². The van der Waals surface area contributed by atoms with E-state index in [-0.39, 0.29) is 17.6 Å². The number of furan rings is 1. The second kappa shape index (κ2) is 9.46. The van der Waals surface area contributed by atoms with Gasteiger partial charge in [0, 0.05) is 11.1 Å². The monoisotopic (exact) mass is 466 g/mol. The molecule has 0 aliphatic rings. The van der Waals surface area contributed by atoms with Gasteiger partial charge in [0.1, 0.15) is 5.69 Å². The molecule has 0 bridgehead atoms. The summed E-state index contributed by atoms with van der Waals surface area (Å²) in [5.74, 6) is -0.551. The predicted octanol–water partition coefficient (Wildman–Crippen LogP) is 4.96. The lowest BCUT2D eigenvalue weighted by Gasteiger charge is -2.14. The first-order chi connectivity index (χ1) is 15.8. The van der Waals surface area contributed by atoms with Crippen molar-refractivity contribution in [2.45, 2.75) is 32.9 Å². The van der Waals surface area contributed by atoms with E-state index in [1.54, 1.807) is 41.2 Å². The molecule has 0 saturated carbocycles. The predicted molar refractivity (Wildman–Crippen MR) is 124 cm³/mol. The fraction of sp³-hybridized carbons (Fsp3) is 0.250. The molecule has 4 aromatic rings. The molecule has 170 valence electrons. The summed E-state index contributed by atoms with van der Waals surface area (Å²) < 4.78 is 12.5. The fourth-order valence-corrected chi connectivity index (χ4v) is 3.57. The highest BCUT2D eigenvalue weighted by Gasteiger charge is 2.21. The maximum Gasteiger partial charge on any atom is 0.339 e. The highest BCUT2D eigenvalue weighted by Crippen LogP contribution is 2.27. The van der Waals surface area contributed by atoms with Crippen molar-refractivity contribution in [2.24, 2.45) is 0 Å². The molecule has 0 aliphatic heterocycles. The number of aromatic nitrogens is 3. The molecule has 33 heavy (non-hydrogen) atoms. The van der Waals surface area contributed by atoms with Crippen LogP contribution in [0.5, 0.6) is 0 Å². The summed E-state index contributed by atoms with van der Waals surface area (Å²) in [7, 11) is 0. The van der Waals surface area contributed by atoms with Gasteiger partial charge in [0.25, 0.3) is 5.91 Å². The minimum absolute atomic E-state index is 0.0332. The van der Waals surface area contributed by atoms with Crippen molar-refractivity contribution in [1.82, 2.24) is 20.1 Å². The maximum absolute atomic E-state index is 12.9. The van der Waals surface area contributed by atoms with E-state index in [9.17, 15) is 9.59 Å². The molecule has 0 spiro atoms. The third kappa shape index (κ3) is 4.90. The molecule has 0 saturated heterocycles. The molecule has 1 amide bonds. The molecule has 1 aromatic carbocycles. The number of nitrogens with zero attached hydrogens (tertiary/aromatic N) is 3. The molecule has 0 radical (unpaired) electrons. The summed E-state index contributed by atoms with van der Waals surface area (Å²) in [6.45, 7) is 5.36. The van der Waals surface area contributed by atoms with Gasteiger partial charge in [0.2, 0.25) is 0 Å². The zero-order valence-corrected chi connectivity index (χ0v) is 19.2. The lowest BCUT2D eigenvalue weighted by Crippen LogP contribution is -2.31. The van der Waals surface area contributed by atoms with E-state index in [0.29, 0.717) is 27.5 Å². The van der Waals surface area contributed by atoms with E-state index < -0.39 is 18.5 Å². The second-order valence-corrected chi connectivity index (χ2v) is 8.31. The van der Waals surface area contributed by atoms with Crippen LogP contribution in [0.25, 0.3) is 22.5 Å². The Labute approximate surface area is 195 Å². The van der Waals surface area contributed by atoms with E-state index in [2.05, 4.69) is 15.4 Å². The summed E-state index contributed by atoms with van der Waals surface area (Å²) in [4.78, 5) is 30.0. The van der Waals surface area contributed by atoms with Crippen molar-refractivity contribution in [1.29, 1.82) is 0 Å². The van der Waals surface area contributed by atoms with Crippen LogP contribution in [-0.4, -0.2) is 33.2 Å². The SMILES string of the molecule is CC(NC(=O)COC(=O)c1cc(-c2ccco2)nc2c1cnn2C(C)C)c1ccc(Cl)cc1. The molecule has 9 heteroatoms. The van der Waals surface area contributed by atoms with E-state index in [1.807, 2.05) is 32.9 Å². The van der Waals surface area contributed by atoms with Gasteiger partial charge in [-0.3, -0.25) is 4.79 Å². The number of pyridine rings is 1. The number of halogens is 1. The molecule has 3 heterocycles. The highest BCUT2D eigenvalue weighted by atomic mass is 35.5. The van der Waals surface area contributed by atoms with Crippen LogP contribution in [0.4, 0.5) is 0 Å². The molecule has 3 aromatic heterocycles. The first-order valence-electron chi connectivity index (χ1n) is 10.5. The van der Waals surface area contributed by atoms with Gasteiger partial charge in [-0.15, -0.1) is 0 Å². The summed E-state index contributed by atoms with van der Waals surface area (Å²) in [6.07, 6.45) is 3.11. The third-order valence-corrected chi connectivity index (χ3v) is 5.38. The number of ether oxygens (including phenoxy) is 1. The van der Waals surface area contributed by atoms with Gasteiger partial charge in [0.15, 0.2) is 18.0 Å². The number of fused-ring (bicyclic) bond motifs is 1. The van der Waals surface area contributed by atoms with Gasteiger partial charge in [-0.25, -0.2) is 14.5 Å². The zero-order chi connectivity index (χ0) is 23.5. The number of benzene rings is 1. The van der Waals surface area contributed by atoms with Crippen molar-refractivity contribution >= 4 is 34.5 Å². The number of esters is 1. The first-order valence-corrected chi connectivity index (χ1v) is 10.9. The van der Waals surface area contributed by atoms with Crippen LogP contribution in [0.15, 0.2) is 59.3 Å². The molecular weight excluding hydrogens is 444 g/mol. The quantitative estimate of drug-likeness (QED) is 0.386. The Bertz CT molecular complexity index is 1280. The van der Waals surface area contributed by atoms with Crippen LogP contribution in [-0.2, 0) is 9.53 Å². The van der Waals surface area contributed by atoms with Crippen molar-refractivity contribution in [3.8, 4) is 11.5 Å². The molecule has 8 nitrogen and oxygen atoms in total. The molecule has 1 atom stereocenters. The van der Waals surface area contributed by atoms with Gasteiger partial charge in [-0.1, -0.05) is 23.7 Å². The Morgan fingerprint density at radius 1 is 1.18 bits per heavy atom. The highest BCUT2D eigenvalue weighted by molar-refractivity contribution is 6.30. The lowest BCUT2D eigenvalue weighted by atomic mass is 10.1. The van der Waals surface area contributed by atoms with Gasteiger partial charge in [0.05, 0.1) is 29.5 Å². The zero-order valence-electron chi connectivity index (χ0n) is 18.4.